The third-order valence-electron chi connectivity index (χ3n) is 1.62. The van der Waals surface area contributed by atoms with Gasteiger partial charge in [0.15, 0.2) is 0 Å². The smallest absolute Gasteiger partial charge is 0.375 e. The fourth-order valence-corrected chi connectivity index (χ4v) is 0.836. The Morgan fingerprint density at radius 1 is 1.57 bits per heavy atom. The largest absolute Gasteiger partial charge is 0.477 e. The fourth-order valence-electron chi connectivity index (χ4n) is 0.836. The molecule has 0 aromatic rings. The van der Waals surface area contributed by atoms with Crippen molar-refractivity contribution in [2.24, 2.45) is 0 Å². The highest BCUT2D eigenvalue weighted by atomic mass is 19.3. The van der Waals surface area contributed by atoms with Gasteiger partial charge in [0, 0.05) is 0 Å². The minimum Gasteiger partial charge on any atom is -0.477 e. The Balaban J connectivity index is 3.54. The first-order chi connectivity index (χ1) is 6.36. The van der Waals surface area contributed by atoms with Gasteiger partial charge in [-0.05, 0) is 26.3 Å². The maximum atomic E-state index is 12.5. The van der Waals surface area contributed by atoms with E-state index in [9.17, 15) is 13.6 Å². The van der Waals surface area contributed by atoms with Gasteiger partial charge < -0.3 is 10.4 Å². The number of carbonyl (C=O) groups is 1. The summed E-state index contributed by atoms with van der Waals surface area (Å²) in [6, 6.07) is 0. The molecular weight excluding hydrogens is 192 g/mol. The molecule has 0 radical (unpaired) electrons. The van der Waals surface area contributed by atoms with E-state index in [1.54, 1.807) is 0 Å². The quantitative estimate of drug-likeness (QED) is 0.493. The maximum absolute atomic E-state index is 12.5. The first kappa shape index (κ1) is 13.0. The average molecular weight is 207 g/mol. The Labute approximate surface area is 81.8 Å². The highest BCUT2D eigenvalue weighted by Gasteiger charge is 2.37. The molecule has 0 amide bonds. The third kappa shape index (κ3) is 5.64. The average Bonchev–Trinajstić information content (AvgIpc) is 2.02. The highest BCUT2D eigenvalue weighted by Crippen LogP contribution is 2.11. The lowest BCUT2D eigenvalue weighted by molar-refractivity contribution is -0.163. The second kappa shape index (κ2) is 5.70. The Kier molecular flexibility index (Phi) is 5.30. The summed E-state index contributed by atoms with van der Waals surface area (Å²) in [5, 5.41) is 10.5. The minimum absolute atomic E-state index is 0.371. The molecule has 0 bridgehead atoms. The number of nitrogens with one attached hydrogen (secondary N) is 1. The second-order valence-electron chi connectivity index (χ2n) is 3.25. The van der Waals surface area contributed by atoms with Crippen molar-refractivity contribution in [2.45, 2.75) is 25.7 Å². The van der Waals surface area contributed by atoms with Gasteiger partial charge in [-0.3, -0.25) is 0 Å². The number of carboxylic acid groups (broad SMARTS) is 1. The zero-order valence-electron chi connectivity index (χ0n) is 8.15. The molecule has 5 heteroatoms. The van der Waals surface area contributed by atoms with E-state index in [0.29, 0.717) is 13.0 Å². The van der Waals surface area contributed by atoms with Crippen LogP contribution in [0.1, 0.15) is 19.8 Å². The normalized spacial score (nSPS) is 11.4. The molecule has 0 aliphatic heterocycles. The van der Waals surface area contributed by atoms with Crippen molar-refractivity contribution < 1.29 is 18.7 Å². The standard InChI is InChI=1S/C9H15F2NO2/c1-7(2)4-3-5-12-6-9(10,11)8(13)14/h12H,1,3-6H2,2H3,(H,13,14). The number of allylic oxidation sites excluding steroid dienone is 1. The van der Waals surface area contributed by atoms with Crippen LogP contribution in [-0.4, -0.2) is 30.1 Å². The van der Waals surface area contributed by atoms with Crippen LogP contribution >= 0.6 is 0 Å². The van der Waals surface area contributed by atoms with Gasteiger partial charge >= 0.3 is 11.9 Å². The summed E-state index contributed by atoms with van der Waals surface area (Å²) in [6.07, 6.45) is 1.44. The SMILES string of the molecule is C=C(C)CCCNCC(F)(F)C(=O)O. The molecule has 0 aliphatic carbocycles. The lowest BCUT2D eigenvalue weighted by Gasteiger charge is -2.11. The highest BCUT2D eigenvalue weighted by molar-refractivity contribution is 5.75. The van der Waals surface area contributed by atoms with Crippen LogP contribution in [0.25, 0.3) is 0 Å². The van der Waals surface area contributed by atoms with E-state index in [0.717, 1.165) is 12.0 Å². The van der Waals surface area contributed by atoms with Gasteiger partial charge in [0.05, 0.1) is 6.54 Å². The zero-order valence-corrected chi connectivity index (χ0v) is 8.15. The second-order valence-corrected chi connectivity index (χ2v) is 3.25. The van der Waals surface area contributed by atoms with E-state index in [2.05, 4.69) is 11.9 Å². The lowest BCUT2D eigenvalue weighted by Crippen LogP contribution is -2.40. The molecule has 2 N–H and O–H groups in total. The molecule has 0 spiro atoms. The van der Waals surface area contributed by atoms with Gasteiger partial charge in [0.1, 0.15) is 0 Å². The molecule has 0 unspecified atom stereocenters. The van der Waals surface area contributed by atoms with Crippen molar-refractivity contribution in [2.75, 3.05) is 13.1 Å². The summed E-state index contributed by atoms with van der Waals surface area (Å²) < 4.78 is 24.9. The number of alkyl halides is 2. The molecule has 0 saturated carbocycles. The molecule has 0 atom stereocenters. The van der Waals surface area contributed by atoms with Gasteiger partial charge in [0.25, 0.3) is 0 Å². The minimum atomic E-state index is -3.68. The van der Waals surface area contributed by atoms with Crippen LogP contribution in [0.3, 0.4) is 0 Å². The van der Waals surface area contributed by atoms with Gasteiger partial charge in [0.2, 0.25) is 0 Å². The van der Waals surface area contributed by atoms with Crippen LogP contribution in [0, 0.1) is 0 Å². The molecule has 3 nitrogen and oxygen atoms in total. The van der Waals surface area contributed by atoms with E-state index in [4.69, 9.17) is 5.11 Å². The Morgan fingerprint density at radius 2 is 2.14 bits per heavy atom. The fraction of sp³-hybridized carbons (Fsp3) is 0.667. The van der Waals surface area contributed by atoms with Crippen molar-refractivity contribution in [3.63, 3.8) is 0 Å². The summed E-state index contributed by atoms with van der Waals surface area (Å²) in [5.74, 6) is -5.77. The number of hydrogen-bond donors (Lipinski definition) is 2. The molecule has 0 aromatic carbocycles. The molecule has 0 saturated heterocycles. The van der Waals surface area contributed by atoms with Crippen molar-refractivity contribution >= 4 is 5.97 Å². The van der Waals surface area contributed by atoms with Crippen LogP contribution < -0.4 is 5.32 Å². The topological polar surface area (TPSA) is 49.3 Å². The van der Waals surface area contributed by atoms with E-state index < -0.39 is 18.4 Å². The van der Waals surface area contributed by atoms with Crippen molar-refractivity contribution in [3.8, 4) is 0 Å². The number of carboxylic acids is 1. The van der Waals surface area contributed by atoms with E-state index >= 15 is 0 Å². The molecule has 0 rings (SSSR count). The number of aliphatic carboxylic acids is 1. The molecular formula is C9H15F2NO2. The van der Waals surface area contributed by atoms with Crippen molar-refractivity contribution in [3.05, 3.63) is 12.2 Å². The van der Waals surface area contributed by atoms with E-state index in [1.165, 1.54) is 0 Å². The first-order valence-corrected chi connectivity index (χ1v) is 4.32. The predicted octanol–water partition coefficient (Wildman–Crippen LogP) is 1.65. The van der Waals surface area contributed by atoms with Gasteiger partial charge in [-0.2, -0.15) is 8.78 Å². The molecule has 0 aliphatic rings. The first-order valence-electron chi connectivity index (χ1n) is 4.32. The van der Waals surface area contributed by atoms with Crippen molar-refractivity contribution in [1.82, 2.24) is 5.32 Å². The number of rotatable bonds is 7. The van der Waals surface area contributed by atoms with Crippen molar-refractivity contribution in [1.29, 1.82) is 0 Å². The van der Waals surface area contributed by atoms with Crippen LogP contribution in [0.5, 0.6) is 0 Å². The zero-order chi connectivity index (χ0) is 11.2. The number of hydrogen-bond acceptors (Lipinski definition) is 2. The summed E-state index contributed by atoms with van der Waals surface area (Å²) in [7, 11) is 0. The van der Waals surface area contributed by atoms with E-state index in [-0.39, 0.29) is 0 Å². The molecule has 82 valence electrons. The van der Waals surface area contributed by atoms with Crippen LogP contribution in [0.15, 0.2) is 12.2 Å². The summed E-state index contributed by atoms with van der Waals surface area (Å²) in [6.45, 7) is 5.06. The molecule has 0 fully saturated rings. The Hall–Kier alpha value is -0.970. The third-order valence-corrected chi connectivity index (χ3v) is 1.62. The van der Waals surface area contributed by atoms with Crippen LogP contribution in [0.2, 0.25) is 0 Å². The van der Waals surface area contributed by atoms with Crippen LogP contribution in [-0.2, 0) is 4.79 Å². The summed E-state index contributed by atoms with van der Waals surface area (Å²) >= 11 is 0. The summed E-state index contributed by atoms with van der Waals surface area (Å²) in [4.78, 5) is 9.99. The number of halogens is 2. The molecule has 0 heterocycles. The Bertz CT molecular complexity index is 217. The van der Waals surface area contributed by atoms with Crippen LogP contribution in [0.4, 0.5) is 8.78 Å². The molecule has 14 heavy (non-hydrogen) atoms. The molecule has 0 aromatic heterocycles. The van der Waals surface area contributed by atoms with Gasteiger partial charge in [-0.15, -0.1) is 6.58 Å². The maximum Gasteiger partial charge on any atom is 0.375 e. The summed E-state index contributed by atoms with van der Waals surface area (Å²) in [5.41, 5.74) is 0.983. The Morgan fingerprint density at radius 3 is 2.57 bits per heavy atom. The lowest BCUT2D eigenvalue weighted by atomic mass is 10.2. The monoisotopic (exact) mass is 207 g/mol. The predicted molar refractivity (Wildman–Crippen MR) is 49.5 cm³/mol. The van der Waals surface area contributed by atoms with E-state index in [1.807, 2.05) is 6.92 Å². The van der Waals surface area contributed by atoms with Gasteiger partial charge in [-0.25, -0.2) is 4.79 Å². The van der Waals surface area contributed by atoms with Gasteiger partial charge in [-0.1, -0.05) is 5.57 Å².